The number of hydrogen-bond acceptors (Lipinski definition) is 5. The molecule has 0 saturated carbocycles. The van der Waals surface area contributed by atoms with Crippen LogP contribution in [0.15, 0.2) is 54.6 Å². The van der Waals surface area contributed by atoms with E-state index in [0.717, 1.165) is 5.56 Å². The van der Waals surface area contributed by atoms with Crippen molar-refractivity contribution in [2.24, 2.45) is 0 Å². The second kappa shape index (κ2) is 11.5. The van der Waals surface area contributed by atoms with Gasteiger partial charge in [-0.3, -0.25) is 14.4 Å². The number of carbonyl (C=O) groups is 3. The highest BCUT2D eigenvalue weighted by Crippen LogP contribution is 2.15. The molecule has 2 rings (SSSR count). The Bertz CT molecular complexity index is 844. The lowest BCUT2D eigenvalue weighted by molar-refractivity contribution is -0.151. The van der Waals surface area contributed by atoms with Gasteiger partial charge in [0.1, 0.15) is 12.3 Å². The van der Waals surface area contributed by atoms with Gasteiger partial charge in [0.2, 0.25) is 5.91 Å². The molecule has 2 aromatic rings. The second-order valence-corrected chi connectivity index (χ2v) is 6.37. The van der Waals surface area contributed by atoms with Gasteiger partial charge in [-0.1, -0.05) is 42.5 Å². The number of amides is 2. The van der Waals surface area contributed by atoms with Crippen LogP contribution in [0.2, 0.25) is 0 Å². The van der Waals surface area contributed by atoms with Crippen molar-refractivity contribution in [3.8, 4) is 5.75 Å². The Morgan fingerprint density at radius 2 is 1.67 bits per heavy atom. The molecule has 160 valence electrons. The Kier molecular flexibility index (Phi) is 8.74. The maximum absolute atomic E-state index is 12.1. The van der Waals surface area contributed by atoms with E-state index in [1.54, 1.807) is 24.3 Å². The molecule has 0 aromatic heterocycles. The van der Waals surface area contributed by atoms with E-state index in [4.69, 9.17) is 4.74 Å². The summed E-state index contributed by atoms with van der Waals surface area (Å²) >= 11 is 0. The summed E-state index contributed by atoms with van der Waals surface area (Å²) < 4.78 is 33.4. The molecule has 0 unspecified atom stereocenters. The highest BCUT2D eigenvalue weighted by atomic mass is 19.3. The summed E-state index contributed by atoms with van der Waals surface area (Å²) in [7, 11) is 1.52. The molecule has 9 heteroatoms. The minimum absolute atomic E-state index is 0.0194. The van der Waals surface area contributed by atoms with Gasteiger partial charge in [0, 0.05) is 13.6 Å². The van der Waals surface area contributed by atoms with Gasteiger partial charge in [0.25, 0.3) is 5.91 Å². The van der Waals surface area contributed by atoms with Crippen molar-refractivity contribution in [3.63, 3.8) is 0 Å². The Balaban J connectivity index is 1.68. The van der Waals surface area contributed by atoms with Crippen LogP contribution in [0.1, 0.15) is 11.1 Å². The van der Waals surface area contributed by atoms with Crippen LogP contribution in [0.5, 0.6) is 5.75 Å². The summed E-state index contributed by atoms with van der Waals surface area (Å²) in [5.74, 6) is -1.50. The molecule has 30 heavy (non-hydrogen) atoms. The average molecular weight is 420 g/mol. The van der Waals surface area contributed by atoms with Crippen molar-refractivity contribution in [3.05, 3.63) is 65.7 Å². The van der Waals surface area contributed by atoms with Gasteiger partial charge in [-0.05, 0) is 23.3 Å². The van der Waals surface area contributed by atoms with Crippen LogP contribution in [-0.2, 0) is 32.1 Å². The first-order valence-corrected chi connectivity index (χ1v) is 9.07. The number of rotatable bonds is 10. The molecule has 0 aliphatic heterocycles. The maximum atomic E-state index is 12.1. The van der Waals surface area contributed by atoms with Crippen molar-refractivity contribution in [2.75, 3.05) is 20.2 Å². The number of nitrogens with zero attached hydrogens (tertiary/aromatic N) is 1. The molecule has 0 heterocycles. The molecule has 1 N–H and O–H groups in total. The van der Waals surface area contributed by atoms with Crippen LogP contribution in [0.3, 0.4) is 0 Å². The number of carbonyl (C=O) groups excluding carboxylic acids is 3. The first kappa shape index (κ1) is 22.8. The third-order valence-electron chi connectivity index (χ3n) is 3.99. The van der Waals surface area contributed by atoms with Crippen LogP contribution >= 0.6 is 0 Å². The molecule has 0 spiro atoms. The van der Waals surface area contributed by atoms with E-state index in [0.29, 0.717) is 5.56 Å². The maximum Gasteiger partial charge on any atom is 0.387 e. The molecule has 0 fully saturated rings. The second-order valence-electron chi connectivity index (χ2n) is 6.37. The Hall–Kier alpha value is -3.49. The smallest absolute Gasteiger partial charge is 0.387 e. The monoisotopic (exact) mass is 420 g/mol. The standard InChI is InChI=1S/C21H22F2N2O5/c1-25(13-16-7-9-17(10-8-16)30-21(22)23)19(27)14-29-20(28)12-24-18(26)11-15-5-3-2-4-6-15/h2-10,21H,11-14H2,1H3,(H,24,26). The highest BCUT2D eigenvalue weighted by molar-refractivity contribution is 5.85. The van der Waals surface area contributed by atoms with E-state index >= 15 is 0 Å². The Labute approximate surface area is 172 Å². The van der Waals surface area contributed by atoms with E-state index in [2.05, 4.69) is 10.1 Å². The normalized spacial score (nSPS) is 10.4. The fourth-order valence-corrected chi connectivity index (χ4v) is 2.46. The molecule has 7 nitrogen and oxygen atoms in total. The van der Waals surface area contributed by atoms with Gasteiger partial charge in [-0.2, -0.15) is 8.78 Å². The number of halogens is 2. The summed E-state index contributed by atoms with van der Waals surface area (Å²) in [5, 5.41) is 2.44. The Morgan fingerprint density at radius 3 is 2.30 bits per heavy atom. The summed E-state index contributed by atoms with van der Waals surface area (Å²) in [6.07, 6.45) is 0.136. The van der Waals surface area contributed by atoms with Crippen LogP contribution in [-0.4, -0.2) is 49.5 Å². The molecule has 0 atom stereocenters. The SMILES string of the molecule is CN(Cc1ccc(OC(F)F)cc1)C(=O)COC(=O)CNC(=O)Cc1ccccc1. The molecular weight excluding hydrogens is 398 g/mol. The summed E-state index contributed by atoms with van der Waals surface area (Å²) in [4.78, 5) is 36.9. The summed E-state index contributed by atoms with van der Waals surface area (Å²) in [6, 6.07) is 14.9. The van der Waals surface area contributed by atoms with E-state index in [1.165, 1.54) is 24.1 Å². The Morgan fingerprint density at radius 1 is 1.00 bits per heavy atom. The average Bonchev–Trinajstić information content (AvgIpc) is 2.72. The molecule has 0 aliphatic rings. The molecule has 2 amide bonds. The number of esters is 1. The molecule has 0 radical (unpaired) electrons. The quantitative estimate of drug-likeness (QED) is 0.596. The van der Waals surface area contributed by atoms with Crippen LogP contribution in [0.25, 0.3) is 0 Å². The van der Waals surface area contributed by atoms with Crippen molar-refractivity contribution in [1.29, 1.82) is 0 Å². The van der Waals surface area contributed by atoms with Crippen molar-refractivity contribution in [2.45, 2.75) is 19.6 Å². The summed E-state index contributed by atoms with van der Waals surface area (Å²) in [5.41, 5.74) is 1.50. The lowest BCUT2D eigenvalue weighted by atomic mass is 10.1. The van der Waals surface area contributed by atoms with Gasteiger partial charge in [0.05, 0.1) is 6.42 Å². The third-order valence-corrected chi connectivity index (χ3v) is 3.99. The van der Waals surface area contributed by atoms with Crippen LogP contribution < -0.4 is 10.1 Å². The van der Waals surface area contributed by atoms with E-state index < -0.39 is 25.1 Å². The fraction of sp³-hybridized carbons (Fsp3) is 0.286. The van der Waals surface area contributed by atoms with Gasteiger partial charge in [-0.15, -0.1) is 0 Å². The first-order chi connectivity index (χ1) is 14.3. The number of nitrogens with one attached hydrogen (secondary N) is 1. The van der Waals surface area contributed by atoms with E-state index in [-0.39, 0.29) is 31.2 Å². The highest BCUT2D eigenvalue weighted by Gasteiger charge is 2.14. The zero-order chi connectivity index (χ0) is 21.9. The molecule has 0 saturated heterocycles. The van der Waals surface area contributed by atoms with Gasteiger partial charge >= 0.3 is 12.6 Å². The van der Waals surface area contributed by atoms with Gasteiger partial charge < -0.3 is 19.7 Å². The van der Waals surface area contributed by atoms with E-state index in [1.807, 2.05) is 18.2 Å². The van der Waals surface area contributed by atoms with Crippen molar-refractivity contribution in [1.82, 2.24) is 10.2 Å². The predicted molar refractivity (Wildman–Crippen MR) is 104 cm³/mol. The number of benzene rings is 2. The molecule has 0 aliphatic carbocycles. The number of alkyl halides is 2. The molecule has 2 aromatic carbocycles. The lowest BCUT2D eigenvalue weighted by Gasteiger charge is -2.17. The van der Waals surface area contributed by atoms with Gasteiger partial charge in [0.15, 0.2) is 6.61 Å². The largest absolute Gasteiger partial charge is 0.454 e. The lowest BCUT2D eigenvalue weighted by Crippen LogP contribution is -2.35. The topological polar surface area (TPSA) is 84.9 Å². The number of ether oxygens (including phenoxy) is 2. The van der Waals surface area contributed by atoms with Gasteiger partial charge in [-0.25, -0.2) is 0 Å². The minimum atomic E-state index is -2.90. The van der Waals surface area contributed by atoms with Crippen molar-refractivity contribution < 1.29 is 32.6 Å². The summed E-state index contributed by atoms with van der Waals surface area (Å²) in [6.45, 7) is -3.53. The predicted octanol–water partition coefficient (Wildman–Crippen LogP) is 2.15. The third kappa shape index (κ3) is 8.26. The minimum Gasteiger partial charge on any atom is -0.454 e. The number of likely N-dealkylation sites (N-methyl/N-ethyl adjacent to an activating group) is 1. The first-order valence-electron chi connectivity index (χ1n) is 9.07. The zero-order valence-electron chi connectivity index (χ0n) is 16.3. The zero-order valence-corrected chi connectivity index (χ0v) is 16.3. The molecular formula is C21H22F2N2O5. The number of hydrogen-bond donors (Lipinski definition) is 1. The van der Waals surface area contributed by atoms with Crippen molar-refractivity contribution >= 4 is 17.8 Å². The van der Waals surface area contributed by atoms with Crippen LogP contribution in [0, 0.1) is 0 Å². The fourth-order valence-electron chi connectivity index (χ4n) is 2.46. The molecule has 0 bridgehead atoms. The van der Waals surface area contributed by atoms with E-state index in [9.17, 15) is 23.2 Å². The van der Waals surface area contributed by atoms with Crippen LogP contribution in [0.4, 0.5) is 8.78 Å².